The monoisotopic (exact) mass is 449 g/mol. The van der Waals surface area contributed by atoms with E-state index in [0.29, 0.717) is 32.9 Å². The van der Waals surface area contributed by atoms with Crippen molar-refractivity contribution in [3.05, 3.63) is 54.9 Å². The summed E-state index contributed by atoms with van der Waals surface area (Å²) in [6.45, 7) is 5.69. The molecule has 0 radical (unpaired) electrons. The second kappa shape index (κ2) is 7.74. The highest BCUT2D eigenvalue weighted by Gasteiger charge is 2.27. The normalized spacial score (nSPS) is 17.2. The van der Waals surface area contributed by atoms with Gasteiger partial charge in [0.15, 0.2) is 0 Å². The van der Waals surface area contributed by atoms with Crippen molar-refractivity contribution in [2.45, 2.75) is 46.1 Å². The Balaban J connectivity index is 1.74. The molecule has 8 heteroatoms. The van der Waals surface area contributed by atoms with Crippen LogP contribution in [0.15, 0.2) is 23.0 Å². The molecule has 152 valence electrons. The van der Waals surface area contributed by atoms with Crippen LogP contribution in [0.3, 0.4) is 0 Å². The Morgan fingerprint density at radius 1 is 1.38 bits per heavy atom. The molecule has 2 unspecified atom stereocenters. The molecule has 2 heterocycles. The van der Waals surface area contributed by atoms with Crippen LogP contribution in [-0.4, -0.2) is 15.5 Å². The Labute approximate surface area is 182 Å². The number of halogens is 2. The number of hydrogen-bond acceptors (Lipinski definition) is 4. The van der Waals surface area contributed by atoms with Crippen LogP contribution in [0.4, 0.5) is 5.69 Å². The maximum Gasteiger partial charge on any atom is 0.263 e. The van der Waals surface area contributed by atoms with Gasteiger partial charge in [0, 0.05) is 9.90 Å². The van der Waals surface area contributed by atoms with E-state index in [1.54, 1.807) is 43.4 Å². The van der Waals surface area contributed by atoms with Crippen LogP contribution in [0.2, 0.25) is 10.0 Å². The van der Waals surface area contributed by atoms with E-state index >= 15 is 0 Å². The van der Waals surface area contributed by atoms with Gasteiger partial charge in [-0.3, -0.25) is 14.2 Å². The highest BCUT2D eigenvalue weighted by molar-refractivity contribution is 7.18. The molecular weight excluding hydrogens is 429 g/mol. The van der Waals surface area contributed by atoms with E-state index in [9.17, 15) is 9.59 Å². The molecule has 0 bridgehead atoms. The van der Waals surface area contributed by atoms with Crippen molar-refractivity contribution in [3.63, 3.8) is 0 Å². The smallest absolute Gasteiger partial charge is 0.263 e. The van der Waals surface area contributed by atoms with Gasteiger partial charge in [0.1, 0.15) is 16.7 Å². The lowest BCUT2D eigenvalue weighted by atomic mass is 9.89. The molecule has 0 saturated carbocycles. The van der Waals surface area contributed by atoms with Gasteiger partial charge in [-0.05, 0) is 62.8 Å². The first kappa shape index (κ1) is 20.4. The number of fused-ring (bicyclic) bond motifs is 3. The standard InChI is InChI=1S/C21H21Cl2N3O2S/c1-10-4-6-14-17(8-10)29-20-18(14)21(28)26(12(3)24-20)11(2)19(27)25-16-9-13(22)5-7-15(16)23/h5,7,9-11H,4,6,8H2,1-3H3,(H,25,27). The van der Waals surface area contributed by atoms with Crippen LogP contribution < -0.4 is 10.9 Å². The van der Waals surface area contributed by atoms with Crippen LogP contribution in [0.25, 0.3) is 10.2 Å². The van der Waals surface area contributed by atoms with Gasteiger partial charge in [0.2, 0.25) is 5.91 Å². The van der Waals surface area contributed by atoms with Crippen molar-refractivity contribution in [2.75, 3.05) is 5.32 Å². The van der Waals surface area contributed by atoms with Crippen LogP contribution in [-0.2, 0) is 17.6 Å². The highest BCUT2D eigenvalue weighted by Crippen LogP contribution is 2.36. The Kier molecular flexibility index (Phi) is 5.44. The Hall–Kier alpha value is -1.89. The summed E-state index contributed by atoms with van der Waals surface area (Å²) in [7, 11) is 0. The minimum Gasteiger partial charge on any atom is -0.323 e. The molecule has 0 spiro atoms. The van der Waals surface area contributed by atoms with Gasteiger partial charge >= 0.3 is 0 Å². The van der Waals surface area contributed by atoms with E-state index < -0.39 is 6.04 Å². The third-order valence-electron chi connectivity index (χ3n) is 5.49. The molecule has 0 saturated heterocycles. The van der Waals surface area contributed by atoms with Gasteiger partial charge in [-0.25, -0.2) is 4.98 Å². The van der Waals surface area contributed by atoms with Crippen molar-refractivity contribution in [2.24, 2.45) is 5.92 Å². The fraction of sp³-hybridized carbons (Fsp3) is 0.381. The molecule has 1 aliphatic rings. The number of thiophene rings is 1. The van der Waals surface area contributed by atoms with Gasteiger partial charge in [-0.15, -0.1) is 11.3 Å². The second-order valence-corrected chi connectivity index (χ2v) is 9.58. The second-order valence-electron chi connectivity index (χ2n) is 7.66. The van der Waals surface area contributed by atoms with Crippen molar-refractivity contribution in [1.82, 2.24) is 9.55 Å². The number of nitrogens with one attached hydrogen (secondary N) is 1. The van der Waals surface area contributed by atoms with Gasteiger partial charge in [-0.2, -0.15) is 0 Å². The summed E-state index contributed by atoms with van der Waals surface area (Å²) >= 11 is 13.8. The van der Waals surface area contributed by atoms with E-state index in [1.807, 2.05) is 0 Å². The van der Waals surface area contributed by atoms with E-state index in [0.717, 1.165) is 29.7 Å². The molecule has 1 aliphatic carbocycles. The van der Waals surface area contributed by atoms with E-state index in [-0.39, 0.29) is 11.5 Å². The number of carbonyl (C=O) groups excluding carboxylic acids is 1. The van der Waals surface area contributed by atoms with Gasteiger partial charge in [-0.1, -0.05) is 30.1 Å². The molecule has 1 aromatic carbocycles. The number of amides is 1. The average Bonchev–Trinajstić information content (AvgIpc) is 3.01. The maximum absolute atomic E-state index is 13.4. The topological polar surface area (TPSA) is 64.0 Å². The first-order valence-electron chi connectivity index (χ1n) is 9.55. The van der Waals surface area contributed by atoms with Crippen molar-refractivity contribution in [3.8, 4) is 0 Å². The maximum atomic E-state index is 13.4. The number of rotatable bonds is 3. The molecule has 1 amide bonds. The largest absolute Gasteiger partial charge is 0.323 e. The Morgan fingerprint density at radius 3 is 2.90 bits per heavy atom. The van der Waals surface area contributed by atoms with Gasteiger partial charge in [0.05, 0.1) is 16.1 Å². The zero-order valence-electron chi connectivity index (χ0n) is 16.4. The summed E-state index contributed by atoms with van der Waals surface area (Å²) in [5, 5.41) is 4.29. The molecule has 5 nitrogen and oxygen atoms in total. The number of aryl methyl sites for hydroxylation is 2. The van der Waals surface area contributed by atoms with Gasteiger partial charge < -0.3 is 5.32 Å². The first-order chi connectivity index (χ1) is 13.8. The number of nitrogens with zero attached hydrogens (tertiary/aromatic N) is 2. The Bertz CT molecular complexity index is 1180. The molecule has 0 fully saturated rings. The summed E-state index contributed by atoms with van der Waals surface area (Å²) in [4.78, 5) is 33.0. The van der Waals surface area contributed by atoms with E-state index in [2.05, 4.69) is 17.2 Å². The molecule has 3 aromatic rings. The molecule has 1 N–H and O–H groups in total. The minimum absolute atomic E-state index is 0.153. The van der Waals surface area contributed by atoms with Crippen LogP contribution in [0, 0.1) is 12.8 Å². The van der Waals surface area contributed by atoms with Crippen LogP contribution in [0.1, 0.15) is 42.6 Å². The average molecular weight is 450 g/mol. The molecule has 2 aromatic heterocycles. The highest BCUT2D eigenvalue weighted by atomic mass is 35.5. The number of aromatic nitrogens is 2. The van der Waals surface area contributed by atoms with E-state index in [4.69, 9.17) is 23.2 Å². The van der Waals surface area contributed by atoms with Gasteiger partial charge in [0.25, 0.3) is 5.56 Å². The lowest BCUT2D eigenvalue weighted by Crippen LogP contribution is -2.34. The molecule has 0 aliphatic heterocycles. The number of anilines is 1. The quantitative estimate of drug-likeness (QED) is 0.581. The predicted octanol–water partition coefficient (Wildman–Crippen LogP) is 5.40. The third kappa shape index (κ3) is 3.69. The van der Waals surface area contributed by atoms with Crippen molar-refractivity contribution in [1.29, 1.82) is 0 Å². The number of benzene rings is 1. The zero-order chi connectivity index (χ0) is 20.9. The van der Waals surface area contributed by atoms with E-state index in [1.165, 1.54) is 9.44 Å². The zero-order valence-corrected chi connectivity index (χ0v) is 18.7. The molecule has 29 heavy (non-hydrogen) atoms. The first-order valence-corrected chi connectivity index (χ1v) is 11.1. The van der Waals surface area contributed by atoms with Crippen molar-refractivity contribution >= 4 is 56.3 Å². The summed E-state index contributed by atoms with van der Waals surface area (Å²) in [6, 6.07) is 4.11. The summed E-state index contributed by atoms with van der Waals surface area (Å²) in [5.41, 5.74) is 1.37. The fourth-order valence-electron chi connectivity index (χ4n) is 3.91. The van der Waals surface area contributed by atoms with Crippen LogP contribution in [0.5, 0.6) is 0 Å². The fourth-order valence-corrected chi connectivity index (χ4v) is 5.66. The molecule has 2 atom stereocenters. The minimum atomic E-state index is -0.743. The SMILES string of the molecule is Cc1nc2sc3c(c2c(=O)n1C(C)C(=O)Nc1cc(Cl)ccc1Cl)CCC(C)C3. The lowest BCUT2D eigenvalue weighted by Gasteiger charge is -2.19. The summed E-state index contributed by atoms with van der Waals surface area (Å²) in [6.07, 6.45) is 2.93. The third-order valence-corrected chi connectivity index (χ3v) is 7.20. The molecular formula is C21H21Cl2N3O2S. The molecule has 4 rings (SSSR count). The lowest BCUT2D eigenvalue weighted by molar-refractivity contribution is -0.118. The number of hydrogen-bond donors (Lipinski definition) is 1. The summed E-state index contributed by atoms with van der Waals surface area (Å²) < 4.78 is 1.47. The van der Waals surface area contributed by atoms with Crippen molar-refractivity contribution < 1.29 is 4.79 Å². The summed E-state index contributed by atoms with van der Waals surface area (Å²) in [5.74, 6) is 0.790. The van der Waals surface area contributed by atoms with Crippen LogP contribution >= 0.6 is 34.5 Å². The predicted molar refractivity (Wildman–Crippen MR) is 120 cm³/mol. The Morgan fingerprint density at radius 2 is 2.14 bits per heavy atom. The number of carbonyl (C=O) groups is 1.